The molecule has 28 heavy (non-hydrogen) atoms. The summed E-state index contributed by atoms with van der Waals surface area (Å²) in [5.41, 5.74) is 2.69. The number of nitrogens with zero attached hydrogens (tertiary/aromatic N) is 2. The van der Waals surface area contributed by atoms with Gasteiger partial charge in [-0.3, -0.25) is 9.59 Å². The van der Waals surface area contributed by atoms with Gasteiger partial charge in [0.05, 0.1) is 11.4 Å². The Bertz CT molecular complexity index is 862. The summed E-state index contributed by atoms with van der Waals surface area (Å²) in [5.74, 6) is 0.517. The summed E-state index contributed by atoms with van der Waals surface area (Å²) in [6, 6.07) is 15.2. The van der Waals surface area contributed by atoms with E-state index in [4.69, 9.17) is 4.74 Å². The number of carbonyl (C=O) groups is 2. The number of anilines is 3. The van der Waals surface area contributed by atoms with Crippen molar-refractivity contribution in [2.45, 2.75) is 25.7 Å². The number of ether oxygens (including phenoxy) is 1. The molecular weight excluding hydrogens is 354 g/mol. The first-order valence-electron chi connectivity index (χ1n) is 9.88. The molecule has 0 unspecified atom stereocenters. The molecule has 0 radical (unpaired) electrons. The Kier molecular flexibility index (Phi) is 5.46. The van der Waals surface area contributed by atoms with E-state index in [0.29, 0.717) is 12.2 Å². The summed E-state index contributed by atoms with van der Waals surface area (Å²) in [7, 11) is 0. The van der Waals surface area contributed by atoms with Crippen molar-refractivity contribution in [3.05, 3.63) is 48.5 Å². The lowest BCUT2D eigenvalue weighted by atomic mass is 10.2. The highest BCUT2D eigenvalue weighted by molar-refractivity contribution is 5.96. The van der Waals surface area contributed by atoms with E-state index in [2.05, 4.69) is 10.2 Å². The average molecular weight is 379 g/mol. The highest BCUT2D eigenvalue weighted by Crippen LogP contribution is 2.29. The van der Waals surface area contributed by atoms with E-state index in [0.717, 1.165) is 43.1 Å². The van der Waals surface area contributed by atoms with Crippen LogP contribution in [0.1, 0.15) is 25.7 Å². The highest BCUT2D eigenvalue weighted by Gasteiger charge is 2.22. The van der Waals surface area contributed by atoms with Gasteiger partial charge >= 0.3 is 0 Å². The number of para-hydroxylation sites is 2. The fourth-order valence-electron chi connectivity index (χ4n) is 3.81. The van der Waals surface area contributed by atoms with Crippen molar-refractivity contribution in [3.63, 3.8) is 0 Å². The highest BCUT2D eigenvalue weighted by atomic mass is 16.5. The molecule has 2 fully saturated rings. The van der Waals surface area contributed by atoms with Gasteiger partial charge in [0, 0.05) is 37.8 Å². The Balaban J connectivity index is 1.37. The van der Waals surface area contributed by atoms with Crippen LogP contribution in [-0.4, -0.2) is 38.1 Å². The van der Waals surface area contributed by atoms with Crippen molar-refractivity contribution in [2.24, 2.45) is 0 Å². The predicted molar refractivity (Wildman–Crippen MR) is 110 cm³/mol. The molecule has 4 rings (SSSR count). The quantitative estimate of drug-likeness (QED) is 0.835. The van der Waals surface area contributed by atoms with Crippen LogP contribution in [-0.2, 0) is 9.59 Å². The molecule has 6 nitrogen and oxygen atoms in total. The summed E-state index contributed by atoms with van der Waals surface area (Å²) in [6.45, 7) is 2.69. The van der Waals surface area contributed by atoms with Crippen molar-refractivity contribution in [2.75, 3.05) is 41.4 Å². The van der Waals surface area contributed by atoms with E-state index in [1.54, 1.807) is 11.0 Å². The molecule has 0 aliphatic carbocycles. The maximum atomic E-state index is 12.4. The lowest BCUT2D eigenvalue weighted by molar-refractivity contribution is -0.118. The smallest absolute Gasteiger partial charge is 0.262 e. The van der Waals surface area contributed by atoms with Gasteiger partial charge in [0.15, 0.2) is 6.61 Å². The molecule has 2 saturated heterocycles. The molecule has 0 bridgehead atoms. The number of amides is 2. The fourth-order valence-corrected chi connectivity index (χ4v) is 3.81. The summed E-state index contributed by atoms with van der Waals surface area (Å²) >= 11 is 0. The van der Waals surface area contributed by atoms with Crippen molar-refractivity contribution in [1.82, 2.24) is 0 Å². The van der Waals surface area contributed by atoms with E-state index in [9.17, 15) is 9.59 Å². The number of benzene rings is 2. The van der Waals surface area contributed by atoms with Crippen LogP contribution >= 0.6 is 0 Å². The number of rotatable bonds is 6. The molecule has 146 valence electrons. The molecule has 0 atom stereocenters. The molecule has 2 heterocycles. The SMILES string of the molecule is O=C(COc1cccc(N2CCCC2=O)c1)Nc1ccccc1N1CCCC1. The van der Waals surface area contributed by atoms with Gasteiger partial charge in [-0.15, -0.1) is 0 Å². The van der Waals surface area contributed by atoms with Crippen LogP contribution in [0.15, 0.2) is 48.5 Å². The molecule has 2 aliphatic rings. The van der Waals surface area contributed by atoms with E-state index in [1.807, 2.05) is 42.5 Å². The molecule has 0 aromatic heterocycles. The minimum Gasteiger partial charge on any atom is -0.484 e. The molecule has 2 aliphatic heterocycles. The molecule has 2 aromatic carbocycles. The summed E-state index contributed by atoms with van der Waals surface area (Å²) in [5, 5.41) is 2.96. The Morgan fingerprint density at radius 3 is 2.61 bits per heavy atom. The van der Waals surface area contributed by atoms with E-state index in [-0.39, 0.29) is 18.4 Å². The maximum absolute atomic E-state index is 12.4. The largest absolute Gasteiger partial charge is 0.484 e. The van der Waals surface area contributed by atoms with Crippen molar-refractivity contribution < 1.29 is 14.3 Å². The number of hydrogen-bond acceptors (Lipinski definition) is 4. The molecule has 2 aromatic rings. The normalized spacial score (nSPS) is 16.5. The molecule has 6 heteroatoms. The second kappa shape index (κ2) is 8.33. The number of nitrogens with one attached hydrogen (secondary N) is 1. The lowest BCUT2D eigenvalue weighted by Gasteiger charge is -2.21. The van der Waals surface area contributed by atoms with Gasteiger partial charge in [0.1, 0.15) is 5.75 Å². The minimum absolute atomic E-state index is 0.0776. The van der Waals surface area contributed by atoms with Gasteiger partial charge in [0.25, 0.3) is 5.91 Å². The van der Waals surface area contributed by atoms with Crippen LogP contribution in [0.4, 0.5) is 17.1 Å². The van der Waals surface area contributed by atoms with Crippen LogP contribution < -0.4 is 19.9 Å². The summed E-state index contributed by atoms with van der Waals surface area (Å²) < 4.78 is 5.68. The molecule has 0 saturated carbocycles. The van der Waals surface area contributed by atoms with Crippen molar-refractivity contribution in [3.8, 4) is 5.75 Å². The molecule has 2 amide bonds. The van der Waals surface area contributed by atoms with Gasteiger partial charge in [-0.1, -0.05) is 18.2 Å². The third kappa shape index (κ3) is 4.11. The van der Waals surface area contributed by atoms with Gasteiger partial charge in [0.2, 0.25) is 5.91 Å². The zero-order valence-electron chi connectivity index (χ0n) is 15.9. The first-order chi connectivity index (χ1) is 13.7. The van der Waals surface area contributed by atoms with Crippen LogP contribution in [0.25, 0.3) is 0 Å². The molecule has 0 spiro atoms. The maximum Gasteiger partial charge on any atom is 0.262 e. The first-order valence-corrected chi connectivity index (χ1v) is 9.88. The molecule has 1 N–H and O–H groups in total. The Labute approximate surface area is 165 Å². The van der Waals surface area contributed by atoms with Gasteiger partial charge in [-0.2, -0.15) is 0 Å². The topological polar surface area (TPSA) is 61.9 Å². The second-order valence-electron chi connectivity index (χ2n) is 7.19. The van der Waals surface area contributed by atoms with Crippen molar-refractivity contribution >= 4 is 28.9 Å². The Hall–Kier alpha value is -3.02. The standard InChI is InChI=1S/C22H25N3O3/c26-21(23-19-9-1-2-10-20(19)24-12-3-4-13-24)16-28-18-8-5-7-17(15-18)25-14-6-11-22(25)27/h1-2,5,7-10,15H,3-4,6,11-14,16H2,(H,23,26). The Morgan fingerprint density at radius 2 is 1.82 bits per heavy atom. The van der Waals surface area contributed by atoms with Crippen molar-refractivity contribution in [1.29, 1.82) is 0 Å². The first kappa shape index (κ1) is 18.3. The number of carbonyl (C=O) groups excluding carboxylic acids is 2. The third-order valence-corrected chi connectivity index (χ3v) is 5.20. The predicted octanol–water partition coefficient (Wildman–Crippen LogP) is 3.43. The van der Waals surface area contributed by atoms with Crippen LogP contribution in [0.5, 0.6) is 5.75 Å². The third-order valence-electron chi connectivity index (χ3n) is 5.20. The van der Waals surface area contributed by atoms with Gasteiger partial charge < -0.3 is 19.9 Å². The fraction of sp³-hybridized carbons (Fsp3) is 0.364. The number of hydrogen-bond donors (Lipinski definition) is 1. The van der Waals surface area contributed by atoms with E-state index in [1.165, 1.54) is 12.8 Å². The average Bonchev–Trinajstić information content (AvgIpc) is 3.39. The van der Waals surface area contributed by atoms with E-state index < -0.39 is 0 Å². The van der Waals surface area contributed by atoms with Crippen LogP contribution in [0.2, 0.25) is 0 Å². The van der Waals surface area contributed by atoms with Crippen LogP contribution in [0.3, 0.4) is 0 Å². The lowest BCUT2D eigenvalue weighted by Crippen LogP contribution is -2.24. The summed E-state index contributed by atoms with van der Waals surface area (Å²) in [4.78, 5) is 28.4. The van der Waals surface area contributed by atoms with E-state index >= 15 is 0 Å². The zero-order valence-corrected chi connectivity index (χ0v) is 15.9. The Morgan fingerprint density at radius 1 is 1.00 bits per heavy atom. The monoisotopic (exact) mass is 379 g/mol. The van der Waals surface area contributed by atoms with Gasteiger partial charge in [-0.25, -0.2) is 0 Å². The minimum atomic E-state index is -0.200. The molecular formula is C22H25N3O3. The van der Waals surface area contributed by atoms with Crippen LogP contribution in [0, 0.1) is 0 Å². The second-order valence-corrected chi connectivity index (χ2v) is 7.19. The summed E-state index contributed by atoms with van der Waals surface area (Å²) in [6.07, 6.45) is 3.83. The zero-order chi connectivity index (χ0) is 19.3. The van der Waals surface area contributed by atoms with Gasteiger partial charge in [-0.05, 0) is 43.5 Å².